The van der Waals surface area contributed by atoms with Crippen LogP contribution in [-0.4, -0.2) is 38.6 Å². The first-order valence-electron chi connectivity index (χ1n) is 9.03. The predicted molar refractivity (Wildman–Crippen MR) is 104 cm³/mol. The second-order valence-electron chi connectivity index (χ2n) is 6.69. The van der Waals surface area contributed by atoms with Crippen molar-refractivity contribution in [2.45, 2.75) is 6.42 Å². The van der Waals surface area contributed by atoms with Crippen LogP contribution in [0.15, 0.2) is 42.5 Å². The molecule has 8 heteroatoms. The second kappa shape index (κ2) is 8.69. The molecule has 148 valence electrons. The van der Waals surface area contributed by atoms with Crippen LogP contribution in [0.1, 0.15) is 16.8 Å². The van der Waals surface area contributed by atoms with Gasteiger partial charge in [0, 0.05) is 49.7 Å². The maximum absolute atomic E-state index is 13.4. The van der Waals surface area contributed by atoms with Gasteiger partial charge in [-0.3, -0.25) is 4.79 Å². The highest BCUT2D eigenvalue weighted by molar-refractivity contribution is 5.96. The number of amides is 3. The Hall–Kier alpha value is -3.16. The number of hydrogen-bond donors (Lipinski definition) is 3. The van der Waals surface area contributed by atoms with Crippen LogP contribution in [0.4, 0.5) is 25.0 Å². The van der Waals surface area contributed by atoms with Gasteiger partial charge in [-0.2, -0.15) is 0 Å². The van der Waals surface area contributed by atoms with Crippen LogP contribution in [-0.2, 0) is 0 Å². The molecule has 2 aromatic rings. The highest BCUT2D eigenvalue weighted by Crippen LogP contribution is 2.25. The molecule has 1 heterocycles. The van der Waals surface area contributed by atoms with Crippen molar-refractivity contribution in [1.82, 2.24) is 10.6 Å². The average Bonchev–Trinajstić information content (AvgIpc) is 3.17. The molecule has 1 atom stereocenters. The Morgan fingerprint density at radius 3 is 2.71 bits per heavy atom. The van der Waals surface area contributed by atoms with E-state index in [1.165, 1.54) is 6.07 Å². The molecule has 1 saturated heterocycles. The molecule has 2 aromatic carbocycles. The minimum absolute atomic E-state index is 0.205. The van der Waals surface area contributed by atoms with E-state index in [9.17, 15) is 18.4 Å². The van der Waals surface area contributed by atoms with E-state index in [2.05, 4.69) is 16.0 Å². The summed E-state index contributed by atoms with van der Waals surface area (Å²) < 4.78 is 26.5. The van der Waals surface area contributed by atoms with Gasteiger partial charge in [-0.1, -0.05) is 6.07 Å². The number of nitrogens with one attached hydrogen (secondary N) is 3. The van der Waals surface area contributed by atoms with Gasteiger partial charge in [-0.05, 0) is 42.7 Å². The lowest BCUT2D eigenvalue weighted by Crippen LogP contribution is -2.34. The molecule has 3 rings (SSSR count). The lowest BCUT2D eigenvalue weighted by Gasteiger charge is -2.19. The molecule has 3 amide bonds. The zero-order valence-corrected chi connectivity index (χ0v) is 15.5. The second-order valence-corrected chi connectivity index (χ2v) is 6.69. The van der Waals surface area contributed by atoms with Crippen LogP contribution in [0, 0.1) is 17.6 Å². The van der Waals surface area contributed by atoms with Crippen molar-refractivity contribution in [1.29, 1.82) is 0 Å². The Balaban J connectivity index is 1.49. The van der Waals surface area contributed by atoms with Crippen molar-refractivity contribution in [2.75, 3.05) is 36.9 Å². The molecule has 3 N–H and O–H groups in total. The quantitative estimate of drug-likeness (QED) is 0.737. The van der Waals surface area contributed by atoms with Gasteiger partial charge in [0.15, 0.2) is 11.6 Å². The Labute approximate surface area is 161 Å². The summed E-state index contributed by atoms with van der Waals surface area (Å²) in [4.78, 5) is 25.7. The number of nitrogens with zero attached hydrogens (tertiary/aromatic N) is 1. The van der Waals surface area contributed by atoms with Crippen molar-refractivity contribution < 1.29 is 18.4 Å². The molecule has 0 saturated carbocycles. The summed E-state index contributed by atoms with van der Waals surface area (Å²) in [5.74, 6) is -1.75. The van der Waals surface area contributed by atoms with Gasteiger partial charge in [0.1, 0.15) is 0 Å². The molecule has 1 unspecified atom stereocenters. The summed E-state index contributed by atoms with van der Waals surface area (Å²) in [5, 5.41) is 8.06. The number of halogens is 2. The fourth-order valence-electron chi connectivity index (χ4n) is 3.21. The summed E-state index contributed by atoms with van der Waals surface area (Å²) in [7, 11) is 1.54. The van der Waals surface area contributed by atoms with Crippen molar-refractivity contribution in [3.05, 3.63) is 59.7 Å². The topological polar surface area (TPSA) is 73.5 Å². The maximum atomic E-state index is 13.4. The Kier molecular flexibility index (Phi) is 6.08. The van der Waals surface area contributed by atoms with E-state index >= 15 is 0 Å². The molecule has 0 aromatic heterocycles. The average molecular weight is 388 g/mol. The van der Waals surface area contributed by atoms with Gasteiger partial charge in [0.2, 0.25) is 0 Å². The van der Waals surface area contributed by atoms with Crippen molar-refractivity contribution in [3.8, 4) is 0 Å². The van der Waals surface area contributed by atoms with Gasteiger partial charge in [-0.15, -0.1) is 0 Å². The summed E-state index contributed by atoms with van der Waals surface area (Å²) >= 11 is 0. The molecule has 28 heavy (non-hydrogen) atoms. The minimum atomic E-state index is -0.863. The van der Waals surface area contributed by atoms with Gasteiger partial charge >= 0.3 is 6.03 Å². The van der Waals surface area contributed by atoms with Crippen LogP contribution >= 0.6 is 0 Å². The molecule has 0 aliphatic carbocycles. The highest BCUT2D eigenvalue weighted by Gasteiger charge is 2.23. The summed E-state index contributed by atoms with van der Waals surface area (Å²) in [5.41, 5.74) is 1.61. The summed E-state index contributed by atoms with van der Waals surface area (Å²) in [6.45, 7) is 1.83. The molecule has 0 bridgehead atoms. The number of carbonyl (C=O) groups is 2. The molecular formula is C20H22F2N4O2. The van der Waals surface area contributed by atoms with E-state index in [1.54, 1.807) is 37.4 Å². The number of carbonyl (C=O) groups excluding carboxylic acids is 2. The molecule has 1 aliphatic rings. The number of hydrogen-bond acceptors (Lipinski definition) is 3. The third-order valence-electron chi connectivity index (χ3n) is 4.72. The molecule has 0 spiro atoms. The lowest BCUT2D eigenvalue weighted by atomic mass is 10.1. The third-order valence-corrected chi connectivity index (χ3v) is 4.72. The van der Waals surface area contributed by atoms with Crippen LogP contribution in [0.5, 0.6) is 0 Å². The smallest absolute Gasteiger partial charge is 0.319 e. The number of benzene rings is 2. The van der Waals surface area contributed by atoms with Gasteiger partial charge in [-0.25, -0.2) is 13.6 Å². The molecule has 6 nitrogen and oxygen atoms in total. The maximum Gasteiger partial charge on any atom is 0.319 e. The van der Waals surface area contributed by atoms with Crippen LogP contribution < -0.4 is 20.9 Å². The first-order valence-corrected chi connectivity index (χ1v) is 9.03. The van der Waals surface area contributed by atoms with Crippen LogP contribution in [0.2, 0.25) is 0 Å². The van der Waals surface area contributed by atoms with Crippen LogP contribution in [0.3, 0.4) is 0 Å². The fraction of sp³-hybridized carbons (Fsp3) is 0.300. The van der Waals surface area contributed by atoms with Gasteiger partial charge < -0.3 is 20.9 Å². The standard InChI is InChI=1S/C20H22F2N4O2/c1-23-19(27)14-3-2-4-15(9-14)25-20(28)24-11-13-7-8-26(12-13)16-5-6-17(21)18(22)10-16/h2-6,9-10,13H,7-8,11-12H2,1H3,(H,23,27)(H2,24,25,28). The lowest BCUT2D eigenvalue weighted by molar-refractivity contribution is 0.0963. The third kappa shape index (κ3) is 4.76. The minimum Gasteiger partial charge on any atom is -0.371 e. The van der Waals surface area contributed by atoms with Crippen molar-refractivity contribution in [3.63, 3.8) is 0 Å². The summed E-state index contributed by atoms with van der Waals surface area (Å²) in [6, 6.07) is 10.2. The van der Waals surface area contributed by atoms with E-state index in [1.807, 2.05) is 4.90 Å². The predicted octanol–water partition coefficient (Wildman–Crippen LogP) is 2.97. The fourth-order valence-corrected chi connectivity index (χ4v) is 3.21. The highest BCUT2D eigenvalue weighted by atomic mass is 19.2. The first-order chi connectivity index (χ1) is 13.5. The zero-order chi connectivity index (χ0) is 20.1. The summed E-state index contributed by atoms with van der Waals surface area (Å²) in [6.07, 6.45) is 0.839. The van der Waals surface area contributed by atoms with E-state index in [-0.39, 0.29) is 17.9 Å². The molecular weight excluding hydrogens is 366 g/mol. The van der Waals surface area contributed by atoms with E-state index in [0.717, 1.165) is 12.5 Å². The number of anilines is 2. The van der Waals surface area contributed by atoms with Crippen LogP contribution in [0.25, 0.3) is 0 Å². The van der Waals surface area contributed by atoms with Gasteiger partial charge in [0.25, 0.3) is 5.91 Å². The van der Waals surface area contributed by atoms with Crippen molar-refractivity contribution in [2.24, 2.45) is 5.92 Å². The van der Waals surface area contributed by atoms with Crippen molar-refractivity contribution >= 4 is 23.3 Å². The monoisotopic (exact) mass is 388 g/mol. The number of urea groups is 1. The van der Waals surface area contributed by atoms with E-state index < -0.39 is 11.6 Å². The van der Waals surface area contributed by atoms with E-state index in [0.29, 0.717) is 36.6 Å². The van der Waals surface area contributed by atoms with E-state index in [4.69, 9.17) is 0 Å². The molecule has 1 fully saturated rings. The Bertz CT molecular complexity index is 875. The van der Waals surface area contributed by atoms with Gasteiger partial charge in [0.05, 0.1) is 0 Å². The largest absolute Gasteiger partial charge is 0.371 e. The Morgan fingerprint density at radius 2 is 1.96 bits per heavy atom. The number of rotatable bonds is 5. The Morgan fingerprint density at radius 1 is 1.14 bits per heavy atom. The normalized spacial score (nSPS) is 16.0. The molecule has 0 radical (unpaired) electrons. The first kappa shape index (κ1) is 19.6. The SMILES string of the molecule is CNC(=O)c1cccc(NC(=O)NCC2CCN(c3ccc(F)c(F)c3)C2)c1. The molecule has 1 aliphatic heterocycles. The zero-order valence-electron chi connectivity index (χ0n) is 15.5.